The van der Waals surface area contributed by atoms with E-state index >= 15 is 0 Å². The van der Waals surface area contributed by atoms with E-state index in [-0.39, 0.29) is 11.9 Å². The van der Waals surface area contributed by atoms with Gasteiger partial charge in [0, 0.05) is 30.2 Å². The molecule has 0 amide bonds. The Morgan fingerprint density at radius 1 is 1.25 bits per heavy atom. The molecule has 24 heavy (non-hydrogen) atoms. The van der Waals surface area contributed by atoms with Crippen LogP contribution < -0.4 is 0 Å². The minimum Gasteiger partial charge on any atom is -0.439 e. The van der Waals surface area contributed by atoms with Crippen LogP contribution in [0.2, 0.25) is 0 Å². The zero-order valence-electron chi connectivity index (χ0n) is 12.9. The molecule has 5 nitrogen and oxygen atoms in total. The third-order valence-electron chi connectivity index (χ3n) is 3.92. The predicted molar refractivity (Wildman–Crippen MR) is 88.0 cm³/mol. The molecule has 1 atom stereocenters. The highest BCUT2D eigenvalue weighted by atomic mass is 32.1. The summed E-state index contributed by atoms with van der Waals surface area (Å²) in [5.41, 5.74) is 0.817. The number of halogens is 1. The maximum atomic E-state index is 13.0. The van der Waals surface area contributed by atoms with Gasteiger partial charge in [-0.05, 0) is 24.3 Å². The van der Waals surface area contributed by atoms with E-state index in [9.17, 15) is 4.39 Å². The molecule has 4 rings (SSSR count). The number of hydrogen-bond acceptors (Lipinski definition) is 6. The van der Waals surface area contributed by atoms with Crippen LogP contribution >= 0.6 is 11.3 Å². The molecule has 7 heteroatoms. The lowest BCUT2D eigenvalue weighted by molar-refractivity contribution is -0.0351. The van der Waals surface area contributed by atoms with Crippen molar-refractivity contribution < 1.29 is 13.5 Å². The fourth-order valence-corrected chi connectivity index (χ4v) is 3.39. The average Bonchev–Trinajstić information content (AvgIpc) is 3.28. The second-order valence-corrected chi connectivity index (χ2v) is 6.52. The summed E-state index contributed by atoms with van der Waals surface area (Å²) >= 11 is 1.61. The number of aromatic nitrogens is 2. The lowest BCUT2D eigenvalue weighted by Crippen LogP contribution is -2.37. The van der Waals surface area contributed by atoms with Crippen LogP contribution in [0.4, 0.5) is 4.39 Å². The van der Waals surface area contributed by atoms with Crippen LogP contribution in [0.1, 0.15) is 17.0 Å². The van der Waals surface area contributed by atoms with Crippen molar-refractivity contribution in [2.75, 3.05) is 19.7 Å². The molecule has 0 N–H and O–H groups in total. The Balaban J connectivity index is 1.43. The molecular weight excluding hydrogens is 329 g/mol. The maximum Gasteiger partial charge on any atom is 0.209 e. The quantitative estimate of drug-likeness (QED) is 0.724. The van der Waals surface area contributed by atoms with Gasteiger partial charge in [-0.3, -0.25) is 4.90 Å². The molecule has 0 radical (unpaired) electrons. The summed E-state index contributed by atoms with van der Waals surface area (Å²) in [5.74, 6) is 1.03. The van der Waals surface area contributed by atoms with Crippen LogP contribution in [0, 0.1) is 5.82 Å². The summed E-state index contributed by atoms with van der Waals surface area (Å²) in [7, 11) is 0. The first-order valence-corrected chi connectivity index (χ1v) is 8.60. The van der Waals surface area contributed by atoms with E-state index in [0.29, 0.717) is 24.8 Å². The van der Waals surface area contributed by atoms with Crippen molar-refractivity contribution in [2.24, 2.45) is 0 Å². The Hall–Kier alpha value is -2.09. The smallest absolute Gasteiger partial charge is 0.209 e. The molecule has 1 aliphatic heterocycles. The lowest BCUT2D eigenvalue weighted by Gasteiger charge is -2.30. The van der Waals surface area contributed by atoms with Gasteiger partial charge in [0.2, 0.25) is 5.89 Å². The van der Waals surface area contributed by atoms with Gasteiger partial charge in [0.05, 0.1) is 19.3 Å². The van der Waals surface area contributed by atoms with Crippen LogP contribution in [0.15, 0.2) is 46.5 Å². The second-order valence-electron chi connectivity index (χ2n) is 5.59. The first-order chi connectivity index (χ1) is 11.8. The van der Waals surface area contributed by atoms with E-state index in [1.807, 2.05) is 5.38 Å². The van der Waals surface area contributed by atoms with Crippen LogP contribution in [0.5, 0.6) is 0 Å². The van der Waals surface area contributed by atoms with E-state index < -0.39 is 0 Å². The highest BCUT2D eigenvalue weighted by molar-refractivity contribution is 7.09. The summed E-state index contributed by atoms with van der Waals surface area (Å²) in [6.07, 6.45) is 3.48. The van der Waals surface area contributed by atoms with Crippen molar-refractivity contribution in [1.82, 2.24) is 14.9 Å². The molecule has 1 saturated heterocycles. The molecule has 1 fully saturated rings. The summed E-state index contributed by atoms with van der Waals surface area (Å²) in [5, 5.41) is 2.96. The monoisotopic (exact) mass is 345 g/mol. The van der Waals surface area contributed by atoms with Crippen molar-refractivity contribution in [3.8, 4) is 11.3 Å². The van der Waals surface area contributed by atoms with E-state index in [4.69, 9.17) is 9.15 Å². The molecule has 0 unspecified atom stereocenters. The Morgan fingerprint density at radius 2 is 2.12 bits per heavy atom. The predicted octanol–water partition coefficient (Wildman–Crippen LogP) is 3.51. The zero-order valence-corrected chi connectivity index (χ0v) is 13.7. The number of rotatable bonds is 4. The fraction of sp³-hybridized carbons (Fsp3) is 0.294. The average molecular weight is 345 g/mol. The normalized spacial score (nSPS) is 18.8. The molecule has 1 aromatic carbocycles. The van der Waals surface area contributed by atoms with Crippen molar-refractivity contribution in [3.05, 3.63) is 58.8 Å². The number of morpholine rings is 1. The number of hydrogen-bond donors (Lipinski definition) is 0. The molecule has 3 heterocycles. The minimum absolute atomic E-state index is 0.00489. The molecular formula is C17H16FN3O2S. The van der Waals surface area contributed by atoms with E-state index in [2.05, 4.69) is 14.9 Å². The number of oxazole rings is 1. The molecule has 0 bridgehead atoms. The van der Waals surface area contributed by atoms with E-state index in [1.54, 1.807) is 35.9 Å². The van der Waals surface area contributed by atoms with Gasteiger partial charge in [-0.25, -0.2) is 14.4 Å². The van der Waals surface area contributed by atoms with Gasteiger partial charge in [-0.2, -0.15) is 0 Å². The van der Waals surface area contributed by atoms with Crippen molar-refractivity contribution in [2.45, 2.75) is 12.6 Å². The Bertz CT molecular complexity index is 789. The van der Waals surface area contributed by atoms with E-state index in [1.165, 1.54) is 12.1 Å². The summed E-state index contributed by atoms with van der Waals surface area (Å²) in [4.78, 5) is 10.9. The standard InChI is InChI=1S/C17H16FN3O2S/c18-13-3-1-12(2-4-13)14-9-20-16(23-14)11-21-6-7-22-15(10-21)17-19-5-8-24-17/h1-5,8-9,15H,6-7,10-11H2/t15-/m1/s1. The molecule has 0 spiro atoms. The number of ether oxygens (including phenoxy) is 1. The van der Waals surface area contributed by atoms with Gasteiger partial charge < -0.3 is 9.15 Å². The first-order valence-electron chi connectivity index (χ1n) is 7.72. The van der Waals surface area contributed by atoms with E-state index in [0.717, 1.165) is 23.7 Å². The minimum atomic E-state index is -0.264. The molecule has 1 aliphatic rings. The van der Waals surface area contributed by atoms with Crippen LogP contribution in [-0.2, 0) is 11.3 Å². The fourth-order valence-electron chi connectivity index (χ4n) is 2.71. The molecule has 124 valence electrons. The highest BCUT2D eigenvalue weighted by Gasteiger charge is 2.24. The van der Waals surface area contributed by atoms with Gasteiger partial charge in [-0.15, -0.1) is 11.3 Å². The number of thiazole rings is 1. The Labute approximate surface area is 142 Å². The third kappa shape index (κ3) is 3.38. The van der Waals surface area contributed by atoms with Crippen LogP contribution in [0.3, 0.4) is 0 Å². The topological polar surface area (TPSA) is 51.4 Å². The van der Waals surface area contributed by atoms with Gasteiger partial charge in [0.15, 0.2) is 5.76 Å². The van der Waals surface area contributed by atoms with Crippen molar-refractivity contribution >= 4 is 11.3 Å². The number of benzene rings is 1. The first kappa shape index (κ1) is 15.4. The van der Waals surface area contributed by atoms with Gasteiger partial charge in [-0.1, -0.05) is 0 Å². The van der Waals surface area contributed by atoms with Gasteiger partial charge in [0.25, 0.3) is 0 Å². The molecule has 0 aliphatic carbocycles. The van der Waals surface area contributed by atoms with Crippen LogP contribution in [0.25, 0.3) is 11.3 Å². The number of nitrogens with zero attached hydrogens (tertiary/aromatic N) is 3. The SMILES string of the molecule is Fc1ccc(-c2cnc(CN3CCO[C@@H](c4nccs4)C3)o2)cc1. The Morgan fingerprint density at radius 3 is 2.92 bits per heavy atom. The Kier molecular flexibility index (Phi) is 4.38. The summed E-state index contributed by atoms with van der Waals surface area (Å²) < 4.78 is 24.6. The van der Waals surface area contributed by atoms with Gasteiger partial charge >= 0.3 is 0 Å². The van der Waals surface area contributed by atoms with Crippen LogP contribution in [-0.4, -0.2) is 34.6 Å². The summed E-state index contributed by atoms with van der Waals surface area (Å²) in [6, 6.07) is 6.20. The largest absolute Gasteiger partial charge is 0.439 e. The summed E-state index contributed by atoms with van der Waals surface area (Å²) in [6.45, 7) is 2.88. The molecule has 2 aromatic heterocycles. The van der Waals surface area contributed by atoms with Crippen molar-refractivity contribution in [3.63, 3.8) is 0 Å². The molecule has 3 aromatic rings. The van der Waals surface area contributed by atoms with Gasteiger partial charge in [0.1, 0.15) is 16.9 Å². The highest BCUT2D eigenvalue weighted by Crippen LogP contribution is 2.26. The second kappa shape index (κ2) is 6.80. The lowest BCUT2D eigenvalue weighted by atomic mass is 10.2. The third-order valence-corrected chi connectivity index (χ3v) is 4.79. The zero-order chi connectivity index (χ0) is 16.4. The molecule has 0 saturated carbocycles. The maximum absolute atomic E-state index is 13.0. The van der Waals surface area contributed by atoms with Crippen molar-refractivity contribution in [1.29, 1.82) is 0 Å².